The maximum Gasteiger partial charge on any atom is 0.306 e. The molecule has 0 saturated heterocycles. The molecule has 0 heterocycles. The minimum atomic E-state index is -0.204. The molecule has 0 aliphatic heterocycles. The van der Waals surface area contributed by atoms with Crippen molar-refractivity contribution in [3.63, 3.8) is 0 Å². The van der Waals surface area contributed by atoms with Gasteiger partial charge in [-0.15, -0.1) is 0 Å². The van der Waals surface area contributed by atoms with Crippen LogP contribution in [-0.2, 0) is 19.1 Å². The average molecular weight is 445 g/mol. The molecule has 1 unspecified atom stereocenters. The van der Waals surface area contributed by atoms with E-state index < -0.39 is 0 Å². The van der Waals surface area contributed by atoms with Crippen LogP contribution in [0.3, 0.4) is 0 Å². The second kappa shape index (κ2) is 18.4. The van der Waals surface area contributed by atoms with Crippen LogP contribution in [0.15, 0.2) is 0 Å². The predicted octanol–water partition coefficient (Wildman–Crippen LogP) is 5.04. The molecule has 6 heteroatoms. The van der Waals surface area contributed by atoms with Crippen LogP contribution in [0.5, 0.6) is 0 Å². The van der Waals surface area contributed by atoms with Crippen LogP contribution in [-0.4, -0.2) is 48.6 Å². The topological polar surface area (TPSA) is 93.1 Å². The van der Waals surface area contributed by atoms with E-state index in [0.717, 1.165) is 57.8 Å². The lowest BCUT2D eigenvalue weighted by atomic mass is 9.70. The molecule has 0 aliphatic rings. The summed E-state index contributed by atoms with van der Waals surface area (Å²) in [4.78, 5) is 24.6. The third-order valence-electron chi connectivity index (χ3n) is 5.78. The molecule has 6 nitrogen and oxygen atoms in total. The molecule has 0 aliphatic carbocycles. The Kier molecular flexibility index (Phi) is 17.8. The molecule has 0 fully saturated rings. The zero-order chi connectivity index (χ0) is 23.5. The maximum absolute atomic E-state index is 12.4. The van der Waals surface area contributed by atoms with E-state index in [4.69, 9.17) is 19.7 Å². The van der Waals surface area contributed by atoms with Crippen molar-refractivity contribution in [1.82, 2.24) is 0 Å². The monoisotopic (exact) mass is 444 g/mol. The Morgan fingerprint density at radius 1 is 0.774 bits per heavy atom. The van der Waals surface area contributed by atoms with Crippen molar-refractivity contribution in [1.29, 1.82) is 0 Å². The van der Waals surface area contributed by atoms with Crippen molar-refractivity contribution in [2.45, 2.75) is 105 Å². The maximum atomic E-state index is 12.4. The minimum Gasteiger partial charge on any atom is -0.466 e. The number of aliphatic hydroxyl groups is 2. The Morgan fingerprint density at radius 2 is 1.26 bits per heavy atom. The molecule has 0 radical (unpaired) electrons. The highest BCUT2D eigenvalue weighted by molar-refractivity contribution is 5.71. The highest BCUT2D eigenvalue weighted by atomic mass is 16.5. The Hall–Kier alpha value is -1.14. The predicted molar refractivity (Wildman–Crippen MR) is 124 cm³/mol. The number of hydrogen-bond donors (Lipinski definition) is 2. The Morgan fingerprint density at radius 3 is 1.74 bits per heavy atom. The Bertz CT molecular complexity index is 461. The van der Waals surface area contributed by atoms with Crippen LogP contribution in [0.25, 0.3) is 0 Å². The van der Waals surface area contributed by atoms with E-state index >= 15 is 0 Å². The van der Waals surface area contributed by atoms with Gasteiger partial charge in [0.2, 0.25) is 0 Å². The molecular formula is C25H48O6. The normalized spacial score (nSPS) is 12.7. The molecule has 0 bridgehead atoms. The zero-order valence-electron chi connectivity index (χ0n) is 20.5. The van der Waals surface area contributed by atoms with E-state index in [1.165, 1.54) is 0 Å². The Labute approximate surface area is 190 Å². The summed E-state index contributed by atoms with van der Waals surface area (Å²) >= 11 is 0. The molecule has 0 aromatic heterocycles. The first-order chi connectivity index (χ1) is 14.7. The third-order valence-corrected chi connectivity index (χ3v) is 5.78. The first-order valence-electron chi connectivity index (χ1n) is 12.3. The number of ether oxygens (including phenoxy) is 2. The van der Waals surface area contributed by atoms with Gasteiger partial charge in [-0.05, 0) is 68.6 Å². The quantitative estimate of drug-likeness (QED) is 0.202. The van der Waals surface area contributed by atoms with Crippen molar-refractivity contribution < 1.29 is 29.3 Å². The van der Waals surface area contributed by atoms with Crippen LogP contribution in [0, 0.1) is 17.3 Å². The number of carbonyl (C=O) groups is 2. The van der Waals surface area contributed by atoms with Crippen LogP contribution in [0.4, 0.5) is 0 Å². The van der Waals surface area contributed by atoms with Gasteiger partial charge in [-0.3, -0.25) is 9.59 Å². The Balaban J connectivity index is 4.47. The van der Waals surface area contributed by atoms with Crippen molar-refractivity contribution in [3.8, 4) is 0 Å². The van der Waals surface area contributed by atoms with E-state index in [-0.39, 0.29) is 36.5 Å². The van der Waals surface area contributed by atoms with Gasteiger partial charge in [0.15, 0.2) is 0 Å². The molecule has 31 heavy (non-hydrogen) atoms. The van der Waals surface area contributed by atoms with Crippen molar-refractivity contribution in [3.05, 3.63) is 0 Å². The molecule has 0 amide bonds. The van der Waals surface area contributed by atoms with Gasteiger partial charge in [-0.1, -0.05) is 40.5 Å². The lowest BCUT2D eigenvalue weighted by Crippen LogP contribution is -2.29. The van der Waals surface area contributed by atoms with E-state index in [9.17, 15) is 9.59 Å². The number of hydrogen-bond acceptors (Lipinski definition) is 6. The molecule has 1 atom stereocenters. The van der Waals surface area contributed by atoms with Crippen molar-refractivity contribution in [2.24, 2.45) is 17.3 Å². The molecule has 0 spiro atoms. The number of carbonyl (C=O) groups excluding carboxylic acids is 2. The van der Waals surface area contributed by atoms with Gasteiger partial charge in [0.1, 0.15) is 0 Å². The van der Waals surface area contributed by atoms with E-state index in [0.29, 0.717) is 38.4 Å². The van der Waals surface area contributed by atoms with Gasteiger partial charge in [0.05, 0.1) is 13.2 Å². The summed E-state index contributed by atoms with van der Waals surface area (Å²) in [5.74, 6) is 0.172. The molecule has 0 saturated carbocycles. The third kappa shape index (κ3) is 17.1. The highest BCUT2D eigenvalue weighted by Gasteiger charge is 2.32. The minimum absolute atomic E-state index is 0.0638. The second-order valence-electron chi connectivity index (χ2n) is 9.74. The summed E-state index contributed by atoms with van der Waals surface area (Å²) in [6, 6.07) is 0. The van der Waals surface area contributed by atoms with E-state index in [2.05, 4.69) is 27.7 Å². The standard InChI is InChI=1S/C25H48O6/c1-21(2)20-25(3,4)22(19-24(29)31-18-12-8-6-10-16-27)13-14-23(28)30-17-11-7-5-9-15-26/h21-22,26-27H,5-20H2,1-4H3. The fourth-order valence-electron chi connectivity index (χ4n) is 4.12. The number of rotatable bonds is 20. The molecule has 0 aromatic carbocycles. The number of esters is 2. The molecule has 184 valence electrons. The average Bonchev–Trinajstić information content (AvgIpc) is 2.69. The summed E-state index contributed by atoms with van der Waals surface area (Å²) in [6.45, 7) is 9.95. The van der Waals surface area contributed by atoms with Gasteiger partial charge in [-0.25, -0.2) is 0 Å². The van der Waals surface area contributed by atoms with Crippen LogP contribution >= 0.6 is 0 Å². The molecule has 2 N–H and O–H groups in total. The number of aliphatic hydroxyl groups excluding tert-OH is 2. The molecular weight excluding hydrogens is 396 g/mol. The van der Waals surface area contributed by atoms with Gasteiger partial charge in [0.25, 0.3) is 0 Å². The summed E-state index contributed by atoms with van der Waals surface area (Å²) in [7, 11) is 0. The fourth-order valence-corrected chi connectivity index (χ4v) is 4.12. The van der Waals surface area contributed by atoms with Gasteiger partial charge in [-0.2, -0.15) is 0 Å². The van der Waals surface area contributed by atoms with E-state index in [1.54, 1.807) is 0 Å². The SMILES string of the molecule is CC(C)CC(C)(C)C(CCC(=O)OCCCCCCO)CC(=O)OCCCCCCO. The van der Waals surface area contributed by atoms with Crippen LogP contribution in [0.1, 0.15) is 105 Å². The summed E-state index contributed by atoms with van der Waals surface area (Å²) < 4.78 is 10.8. The van der Waals surface area contributed by atoms with Gasteiger partial charge < -0.3 is 19.7 Å². The summed E-state index contributed by atoms with van der Waals surface area (Å²) in [5.41, 5.74) is -0.0705. The van der Waals surface area contributed by atoms with Crippen LogP contribution in [0.2, 0.25) is 0 Å². The van der Waals surface area contributed by atoms with Crippen LogP contribution < -0.4 is 0 Å². The van der Waals surface area contributed by atoms with Gasteiger partial charge in [0, 0.05) is 26.1 Å². The lowest BCUT2D eigenvalue weighted by Gasteiger charge is -2.35. The van der Waals surface area contributed by atoms with Gasteiger partial charge >= 0.3 is 11.9 Å². The first kappa shape index (κ1) is 29.9. The largest absolute Gasteiger partial charge is 0.466 e. The fraction of sp³-hybridized carbons (Fsp3) is 0.920. The summed E-state index contributed by atoms with van der Waals surface area (Å²) in [5, 5.41) is 17.6. The molecule has 0 rings (SSSR count). The van der Waals surface area contributed by atoms with Crippen molar-refractivity contribution >= 4 is 11.9 Å². The van der Waals surface area contributed by atoms with Crippen molar-refractivity contribution in [2.75, 3.05) is 26.4 Å². The lowest BCUT2D eigenvalue weighted by molar-refractivity contribution is -0.148. The zero-order valence-corrected chi connectivity index (χ0v) is 20.5. The summed E-state index contributed by atoms with van der Waals surface area (Å²) in [6.07, 6.45) is 9.24. The highest BCUT2D eigenvalue weighted by Crippen LogP contribution is 2.39. The smallest absolute Gasteiger partial charge is 0.306 e. The first-order valence-corrected chi connectivity index (χ1v) is 12.3. The molecule has 0 aromatic rings. The number of unbranched alkanes of at least 4 members (excludes halogenated alkanes) is 6. The second-order valence-corrected chi connectivity index (χ2v) is 9.74. The van der Waals surface area contributed by atoms with E-state index in [1.807, 2.05) is 0 Å².